The zero-order chi connectivity index (χ0) is 65.7. The topological polar surface area (TPSA) is 237 Å². The Hall–Kier alpha value is -1.94. The number of phosphoric acid groups is 2. The zero-order valence-electron chi connectivity index (χ0n) is 57.7. The number of phosphoric ester groups is 2. The SMILES string of the molecule is CCCCCCCCCCCCC(=O)O[C@H](COC(=O)CCCCCCCCCCC)COP(=O)(O)OC[C@H](O)COP(=O)(O)OC[C@@H](COC(=O)CCCCCCCCCCCCCCC(C)C)OC(=O)CCCCCCCCCCCCCCC(C)C. The van der Waals surface area contributed by atoms with Crippen LogP contribution in [0, 0.1) is 11.8 Å². The summed E-state index contributed by atoms with van der Waals surface area (Å²) in [5, 5.41) is 10.6. The largest absolute Gasteiger partial charge is 0.472 e. The fourth-order valence-electron chi connectivity index (χ4n) is 10.6. The maximum atomic E-state index is 13.0. The van der Waals surface area contributed by atoms with Gasteiger partial charge in [-0.05, 0) is 37.5 Å². The summed E-state index contributed by atoms with van der Waals surface area (Å²) >= 11 is 0. The van der Waals surface area contributed by atoms with Gasteiger partial charge in [0.1, 0.15) is 19.3 Å². The van der Waals surface area contributed by atoms with Crippen LogP contribution >= 0.6 is 15.6 Å². The van der Waals surface area contributed by atoms with Crippen molar-refractivity contribution in [2.24, 2.45) is 11.8 Å². The quantitative estimate of drug-likeness (QED) is 0.0222. The molecule has 0 fully saturated rings. The lowest BCUT2D eigenvalue weighted by atomic mass is 10.0. The number of aliphatic hydroxyl groups excluding tert-OH is 1. The van der Waals surface area contributed by atoms with E-state index in [4.69, 9.17) is 37.0 Å². The van der Waals surface area contributed by atoms with Crippen LogP contribution in [-0.4, -0.2) is 96.7 Å². The normalized spacial score (nSPS) is 14.1. The van der Waals surface area contributed by atoms with E-state index in [-0.39, 0.29) is 25.7 Å². The minimum absolute atomic E-state index is 0.106. The maximum Gasteiger partial charge on any atom is 0.472 e. The van der Waals surface area contributed by atoms with E-state index < -0.39 is 97.5 Å². The first-order valence-corrected chi connectivity index (χ1v) is 39.5. The van der Waals surface area contributed by atoms with E-state index in [1.54, 1.807) is 0 Å². The highest BCUT2D eigenvalue weighted by Crippen LogP contribution is 2.45. The second-order valence-corrected chi connectivity index (χ2v) is 29.1. The third-order valence-electron chi connectivity index (χ3n) is 16.2. The van der Waals surface area contributed by atoms with E-state index in [0.717, 1.165) is 102 Å². The van der Waals surface area contributed by atoms with E-state index in [1.165, 1.54) is 173 Å². The second-order valence-electron chi connectivity index (χ2n) is 26.2. The summed E-state index contributed by atoms with van der Waals surface area (Å²) in [7, 11) is -9.90. The molecule has 19 heteroatoms. The average Bonchev–Trinajstić information content (AvgIpc) is 3.63. The molecule has 0 spiro atoms. The fraction of sp³-hybridized carbons (Fsp3) is 0.943. The number of rotatable bonds is 69. The lowest BCUT2D eigenvalue weighted by Gasteiger charge is -2.21. The molecule has 0 aliphatic rings. The maximum absolute atomic E-state index is 13.0. The summed E-state index contributed by atoms with van der Waals surface area (Å²) < 4.78 is 68.2. The molecule has 17 nitrogen and oxygen atoms in total. The van der Waals surface area contributed by atoms with Gasteiger partial charge in [0.25, 0.3) is 0 Å². The fourth-order valence-corrected chi connectivity index (χ4v) is 12.2. The molecule has 0 saturated heterocycles. The van der Waals surface area contributed by atoms with Crippen LogP contribution in [0.5, 0.6) is 0 Å². The summed E-state index contributed by atoms with van der Waals surface area (Å²) in [6, 6.07) is 0. The molecule has 0 aliphatic heterocycles. The van der Waals surface area contributed by atoms with Gasteiger partial charge in [-0.15, -0.1) is 0 Å². The monoisotopic (exact) mass is 1310 g/mol. The Morgan fingerprint density at radius 2 is 0.517 bits per heavy atom. The molecule has 0 aliphatic carbocycles. The molecule has 0 saturated carbocycles. The first-order chi connectivity index (χ1) is 42.9. The first kappa shape index (κ1) is 87.1. The molecule has 0 rings (SSSR count). The molecule has 0 amide bonds. The van der Waals surface area contributed by atoms with E-state index in [9.17, 15) is 43.2 Å². The predicted molar refractivity (Wildman–Crippen MR) is 358 cm³/mol. The predicted octanol–water partition coefficient (Wildman–Crippen LogP) is 20.0. The van der Waals surface area contributed by atoms with Crippen LogP contribution in [0.1, 0.15) is 356 Å². The molecule has 5 atom stereocenters. The number of carbonyl (C=O) groups excluding carboxylic acids is 4. The molecular weight excluding hydrogens is 1170 g/mol. The molecule has 89 heavy (non-hydrogen) atoms. The molecule has 2 unspecified atom stereocenters. The van der Waals surface area contributed by atoms with Gasteiger partial charge >= 0.3 is 39.5 Å². The Kier molecular flexibility index (Phi) is 60.8. The van der Waals surface area contributed by atoms with Gasteiger partial charge in [-0.2, -0.15) is 0 Å². The van der Waals surface area contributed by atoms with Gasteiger partial charge in [-0.1, -0.05) is 305 Å². The summed E-state index contributed by atoms with van der Waals surface area (Å²) in [6.07, 6.45) is 47.1. The van der Waals surface area contributed by atoms with E-state index in [2.05, 4.69) is 41.5 Å². The second kappa shape index (κ2) is 62.2. The van der Waals surface area contributed by atoms with Gasteiger partial charge in [0.05, 0.1) is 26.4 Å². The molecule has 0 aromatic heterocycles. The highest BCUT2D eigenvalue weighted by atomic mass is 31.2. The van der Waals surface area contributed by atoms with Gasteiger partial charge in [0, 0.05) is 25.7 Å². The summed E-state index contributed by atoms with van der Waals surface area (Å²) in [5.74, 6) is -0.566. The Morgan fingerprint density at radius 3 is 0.764 bits per heavy atom. The first-order valence-electron chi connectivity index (χ1n) is 36.5. The number of hydrogen-bond donors (Lipinski definition) is 3. The van der Waals surface area contributed by atoms with Gasteiger partial charge in [-0.3, -0.25) is 37.3 Å². The molecule has 0 bridgehead atoms. The van der Waals surface area contributed by atoms with Crippen molar-refractivity contribution < 1.29 is 80.2 Å². The van der Waals surface area contributed by atoms with Gasteiger partial charge in [-0.25, -0.2) is 9.13 Å². The minimum atomic E-state index is -4.95. The Balaban J connectivity index is 5.23. The van der Waals surface area contributed by atoms with Crippen LogP contribution in [0.3, 0.4) is 0 Å². The van der Waals surface area contributed by atoms with Crippen LogP contribution in [0.15, 0.2) is 0 Å². The smallest absolute Gasteiger partial charge is 0.462 e. The number of hydrogen-bond acceptors (Lipinski definition) is 15. The van der Waals surface area contributed by atoms with Crippen molar-refractivity contribution in [3.05, 3.63) is 0 Å². The van der Waals surface area contributed by atoms with Crippen molar-refractivity contribution in [2.75, 3.05) is 39.6 Å². The van der Waals surface area contributed by atoms with Crippen LogP contribution in [0.25, 0.3) is 0 Å². The summed E-state index contributed by atoms with van der Waals surface area (Å²) in [4.78, 5) is 72.5. The Labute approximate surface area is 543 Å². The van der Waals surface area contributed by atoms with E-state index in [1.807, 2.05) is 0 Å². The van der Waals surface area contributed by atoms with Crippen LogP contribution in [0.4, 0.5) is 0 Å². The van der Waals surface area contributed by atoms with E-state index in [0.29, 0.717) is 25.7 Å². The molecule has 0 radical (unpaired) electrons. The molecule has 3 N–H and O–H groups in total. The molecule has 0 heterocycles. The lowest BCUT2D eigenvalue weighted by Crippen LogP contribution is -2.30. The van der Waals surface area contributed by atoms with Gasteiger partial charge in [0.2, 0.25) is 0 Å². The highest BCUT2D eigenvalue weighted by molar-refractivity contribution is 7.47. The number of ether oxygens (including phenoxy) is 4. The molecular formula is C70H136O17P2. The van der Waals surface area contributed by atoms with Gasteiger partial charge in [0.15, 0.2) is 12.2 Å². The molecule has 0 aromatic carbocycles. The van der Waals surface area contributed by atoms with Crippen molar-refractivity contribution in [1.29, 1.82) is 0 Å². The lowest BCUT2D eigenvalue weighted by molar-refractivity contribution is -0.161. The summed E-state index contributed by atoms with van der Waals surface area (Å²) in [5.41, 5.74) is 0. The third kappa shape index (κ3) is 64.6. The Morgan fingerprint density at radius 1 is 0.303 bits per heavy atom. The standard InChI is InChI=1S/C70H136O17P2/c1-7-9-11-13-15-17-29-36-42-48-54-69(74)86-65(58-80-67(72)52-46-40-34-26-16-14-12-10-8-2)60-84-88(76,77)82-56-64(71)57-83-89(78,79)85-61-66(87-70(75)55-49-43-37-31-25-21-19-23-28-33-39-45-51-63(5)6)59-81-68(73)53-47-41-35-30-24-20-18-22-27-32-38-44-50-62(3)4/h62-66,71H,7-61H2,1-6H3,(H,76,77)(H,78,79)/t64-,65+,66+/m0/s1. The minimum Gasteiger partial charge on any atom is -0.462 e. The third-order valence-corrected chi connectivity index (χ3v) is 18.1. The van der Waals surface area contributed by atoms with Crippen LogP contribution in [-0.2, 0) is 65.4 Å². The summed E-state index contributed by atoms with van der Waals surface area (Å²) in [6.45, 7) is 9.55. The number of esters is 4. The van der Waals surface area contributed by atoms with Crippen molar-refractivity contribution in [2.45, 2.75) is 374 Å². The average molecular weight is 1310 g/mol. The number of aliphatic hydroxyl groups is 1. The van der Waals surface area contributed by atoms with Crippen LogP contribution < -0.4 is 0 Å². The number of unbranched alkanes of at least 4 members (excludes halogenated alkanes) is 39. The van der Waals surface area contributed by atoms with Crippen molar-refractivity contribution in [1.82, 2.24) is 0 Å². The molecule has 0 aromatic rings. The van der Waals surface area contributed by atoms with Crippen molar-refractivity contribution in [3.63, 3.8) is 0 Å². The van der Waals surface area contributed by atoms with E-state index >= 15 is 0 Å². The molecule has 528 valence electrons. The number of carbonyl (C=O) groups is 4. The van der Waals surface area contributed by atoms with Crippen molar-refractivity contribution >= 4 is 39.5 Å². The van der Waals surface area contributed by atoms with Crippen LogP contribution in [0.2, 0.25) is 0 Å². The van der Waals surface area contributed by atoms with Gasteiger partial charge < -0.3 is 33.8 Å². The highest BCUT2D eigenvalue weighted by Gasteiger charge is 2.30. The zero-order valence-corrected chi connectivity index (χ0v) is 59.5. The van der Waals surface area contributed by atoms with Crippen molar-refractivity contribution in [3.8, 4) is 0 Å². The Bertz CT molecular complexity index is 1730.